The molecule has 1 aromatic carbocycles. The Bertz CT molecular complexity index is 671. The molecule has 25 heavy (non-hydrogen) atoms. The summed E-state index contributed by atoms with van der Waals surface area (Å²) in [6.07, 6.45) is -0.349. The molecule has 0 spiro atoms. The quantitative estimate of drug-likeness (QED) is 0.649. The predicted octanol–water partition coefficient (Wildman–Crippen LogP) is 3.13. The van der Waals surface area contributed by atoms with E-state index in [2.05, 4.69) is 0 Å². The van der Waals surface area contributed by atoms with Crippen molar-refractivity contribution < 1.29 is 19.6 Å². The number of benzene rings is 1. The molecule has 8 heteroatoms. The lowest BCUT2D eigenvalue weighted by Crippen LogP contribution is -2.59. The third kappa shape index (κ3) is 4.32. The predicted molar refractivity (Wildman–Crippen MR) is 94.0 cm³/mol. The zero-order valence-corrected chi connectivity index (χ0v) is 15.2. The highest BCUT2D eigenvalue weighted by Gasteiger charge is 2.35. The molecular formula is C17H25N3O5. The summed E-state index contributed by atoms with van der Waals surface area (Å²) in [4.78, 5) is 26.3. The Morgan fingerprint density at radius 1 is 1.28 bits per heavy atom. The third-order valence-electron chi connectivity index (χ3n) is 4.10. The molecule has 0 aromatic heterocycles. The SMILES string of the molecule is C[C@@H]1CN(c2ccc([N+](=O)[O-])c(O)c2)[C@@H](C)CN1C(=O)OC(C)(C)C. The molecular weight excluding hydrogens is 326 g/mol. The molecule has 1 saturated heterocycles. The highest BCUT2D eigenvalue weighted by molar-refractivity contribution is 5.69. The Morgan fingerprint density at radius 2 is 1.92 bits per heavy atom. The van der Waals surface area contributed by atoms with Crippen LogP contribution in [0, 0.1) is 10.1 Å². The van der Waals surface area contributed by atoms with Gasteiger partial charge in [-0.15, -0.1) is 0 Å². The molecule has 1 N–H and O–H groups in total. The first kappa shape index (κ1) is 18.8. The molecule has 1 aromatic rings. The van der Waals surface area contributed by atoms with E-state index in [4.69, 9.17) is 4.74 Å². The van der Waals surface area contributed by atoms with Crippen LogP contribution in [-0.4, -0.2) is 51.8 Å². The molecule has 1 aliphatic heterocycles. The summed E-state index contributed by atoms with van der Waals surface area (Å²) in [7, 11) is 0. The number of hydrogen-bond donors (Lipinski definition) is 1. The first-order valence-electron chi connectivity index (χ1n) is 8.23. The Balaban J connectivity index is 2.16. The van der Waals surface area contributed by atoms with E-state index in [0.29, 0.717) is 18.8 Å². The topological polar surface area (TPSA) is 96.1 Å². The van der Waals surface area contributed by atoms with Crippen LogP contribution in [0.4, 0.5) is 16.2 Å². The Morgan fingerprint density at radius 3 is 2.44 bits per heavy atom. The lowest BCUT2D eigenvalue weighted by molar-refractivity contribution is -0.385. The summed E-state index contributed by atoms with van der Waals surface area (Å²) in [6, 6.07) is 4.18. The number of nitrogens with zero attached hydrogens (tertiary/aromatic N) is 3. The molecule has 0 saturated carbocycles. The number of aromatic hydroxyl groups is 1. The number of phenolic OH excluding ortho intramolecular Hbond substituents is 1. The Hall–Kier alpha value is -2.51. The highest BCUT2D eigenvalue weighted by atomic mass is 16.6. The summed E-state index contributed by atoms with van der Waals surface area (Å²) in [6.45, 7) is 10.4. The van der Waals surface area contributed by atoms with Gasteiger partial charge in [-0.1, -0.05) is 0 Å². The average molecular weight is 351 g/mol. The maximum atomic E-state index is 12.4. The minimum atomic E-state index is -0.619. The van der Waals surface area contributed by atoms with Crippen molar-refractivity contribution in [2.75, 3.05) is 18.0 Å². The first-order valence-corrected chi connectivity index (χ1v) is 8.23. The van der Waals surface area contributed by atoms with Gasteiger partial charge in [0.2, 0.25) is 0 Å². The lowest BCUT2D eigenvalue weighted by atomic mass is 10.1. The molecule has 1 heterocycles. The summed E-state index contributed by atoms with van der Waals surface area (Å²) >= 11 is 0. The second kappa shape index (κ2) is 6.78. The van der Waals surface area contributed by atoms with Crippen LogP contribution in [0.15, 0.2) is 18.2 Å². The summed E-state index contributed by atoms with van der Waals surface area (Å²) in [5, 5.41) is 20.7. The molecule has 0 unspecified atom stereocenters. The van der Waals surface area contributed by atoms with Gasteiger partial charge in [-0.05, 0) is 40.7 Å². The van der Waals surface area contributed by atoms with Gasteiger partial charge in [-0.3, -0.25) is 10.1 Å². The van der Waals surface area contributed by atoms with Crippen molar-refractivity contribution in [3.05, 3.63) is 28.3 Å². The number of anilines is 1. The second-order valence-corrected chi connectivity index (χ2v) is 7.41. The molecule has 1 fully saturated rings. The Labute approximate surface area is 147 Å². The third-order valence-corrected chi connectivity index (χ3v) is 4.10. The molecule has 138 valence electrons. The van der Waals surface area contributed by atoms with Gasteiger partial charge in [-0.25, -0.2) is 4.79 Å². The van der Waals surface area contributed by atoms with Gasteiger partial charge in [-0.2, -0.15) is 0 Å². The largest absolute Gasteiger partial charge is 0.502 e. The fraction of sp³-hybridized carbons (Fsp3) is 0.588. The molecule has 0 aliphatic carbocycles. The monoisotopic (exact) mass is 351 g/mol. The van der Waals surface area contributed by atoms with Crippen molar-refractivity contribution in [1.82, 2.24) is 4.90 Å². The van der Waals surface area contributed by atoms with Gasteiger partial charge in [0.05, 0.1) is 4.92 Å². The van der Waals surface area contributed by atoms with Gasteiger partial charge >= 0.3 is 11.8 Å². The van der Waals surface area contributed by atoms with E-state index < -0.39 is 10.5 Å². The summed E-state index contributed by atoms with van der Waals surface area (Å²) < 4.78 is 5.45. The van der Waals surface area contributed by atoms with E-state index in [0.717, 1.165) is 0 Å². The van der Waals surface area contributed by atoms with E-state index in [1.54, 1.807) is 11.0 Å². The molecule has 0 bridgehead atoms. The number of hydrogen-bond acceptors (Lipinski definition) is 6. The fourth-order valence-electron chi connectivity index (χ4n) is 2.91. The van der Waals surface area contributed by atoms with Gasteiger partial charge in [0.25, 0.3) is 0 Å². The number of carbonyl (C=O) groups excluding carboxylic acids is 1. The normalized spacial score (nSPS) is 21.2. The number of amides is 1. The minimum absolute atomic E-state index is 0.0235. The molecule has 0 radical (unpaired) electrons. The van der Waals surface area contributed by atoms with Crippen molar-refractivity contribution >= 4 is 17.5 Å². The van der Waals surface area contributed by atoms with Gasteiger partial charge < -0.3 is 19.6 Å². The Kier molecular flexibility index (Phi) is 5.10. The van der Waals surface area contributed by atoms with Crippen LogP contribution in [0.1, 0.15) is 34.6 Å². The second-order valence-electron chi connectivity index (χ2n) is 7.41. The number of ether oxygens (including phenoxy) is 1. The van der Waals surface area contributed by atoms with E-state index in [1.807, 2.05) is 39.5 Å². The maximum absolute atomic E-state index is 12.4. The number of phenols is 1. The number of rotatable bonds is 2. The standard InChI is InChI=1S/C17H25N3O5/c1-11-10-19(16(22)25-17(3,4)5)12(2)9-18(11)13-6-7-14(20(23)24)15(21)8-13/h6-8,11-12,21H,9-10H2,1-5H3/t11-,12+/m0/s1. The van der Waals surface area contributed by atoms with Crippen LogP contribution in [0.25, 0.3) is 0 Å². The van der Waals surface area contributed by atoms with Crippen LogP contribution >= 0.6 is 0 Å². The van der Waals surface area contributed by atoms with Gasteiger partial charge in [0.1, 0.15) is 5.60 Å². The molecule has 2 atom stereocenters. The fourth-order valence-corrected chi connectivity index (χ4v) is 2.91. The molecule has 2 rings (SSSR count). The van der Waals surface area contributed by atoms with E-state index >= 15 is 0 Å². The first-order chi connectivity index (χ1) is 11.5. The van der Waals surface area contributed by atoms with E-state index in [9.17, 15) is 20.0 Å². The molecule has 8 nitrogen and oxygen atoms in total. The van der Waals surface area contributed by atoms with Crippen LogP contribution in [-0.2, 0) is 4.74 Å². The van der Waals surface area contributed by atoms with Gasteiger partial charge in [0.15, 0.2) is 5.75 Å². The zero-order chi connectivity index (χ0) is 18.9. The van der Waals surface area contributed by atoms with Crippen molar-refractivity contribution in [3.63, 3.8) is 0 Å². The van der Waals surface area contributed by atoms with E-state index in [1.165, 1.54) is 12.1 Å². The highest BCUT2D eigenvalue weighted by Crippen LogP contribution is 2.32. The zero-order valence-electron chi connectivity index (χ0n) is 15.2. The smallest absolute Gasteiger partial charge is 0.410 e. The lowest BCUT2D eigenvalue weighted by Gasteiger charge is -2.45. The van der Waals surface area contributed by atoms with Crippen LogP contribution < -0.4 is 4.90 Å². The molecule has 1 amide bonds. The maximum Gasteiger partial charge on any atom is 0.410 e. The summed E-state index contributed by atoms with van der Waals surface area (Å²) in [5.41, 5.74) is -0.190. The summed E-state index contributed by atoms with van der Waals surface area (Å²) in [5.74, 6) is -0.364. The van der Waals surface area contributed by atoms with Crippen molar-refractivity contribution in [2.45, 2.75) is 52.3 Å². The number of nitro groups is 1. The number of carbonyl (C=O) groups is 1. The van der Waals surface area contributed by atoms with Crippen LogP contribution in [0.5, 0.6) is 5.75 Å². The van der Waals surface area contributed by atoms with Gasteiger partial charge in [0, 0.05) is 43.0 Å². The molecule has 1 aliphatic rings. The minimum Gasteiger partial charge on any atom is -0.502 e. The number of nitro benzene ring substituents is 1. The van der Waals surface area contributed by atoms with Crippen molar-refractivity contribution in [1.29, 1.82) is 0 Å². The van der Waals surface area contributed by atoms with Crippen LogP contribution in [0.2, 0.25) is 0 Å². The number of piperazine rings is 1. The van der Waals surface area contributed by atoms with Crippen molar-refractivity contribution in [2.24, 2.45) is 0 Å². The van der Waals surface area contributed by atoms with Crippen molar-refractivity contribution in [3.8, 4) is 5.75 Å². The van der Waals surface area contributed by atoms with E-state index in [-0.39, 0.29) is 29.6 Å². The van der Waals surface area contributed by atoms with Crippen LogP contribution in [0.3, 0.4) is 0 Å². The average Bonchev–Trinajstić information content (AvgIpc) is 2.46.